The number of pyridine rings is 1. The summed E-state index contributed by atoms with van der Waals surface area (Å²) in [6.07, 6.45) is 1.49. The van der Waals surface area contributed by atoms with Crippen molar-refractivity contribution in [3.8, 4) is 0 Å². The van der Waals surface area contributed by atoms with E-state index >= 15 is 0 Å². The maximum absolute atomic E-state index is 13.2. The van der Waals surface area contributed by atoms with Crippen LogP contribution < -0.4 is 4.90 Å². The lowest BCUT2D eigenvalue weighted by atomic mass is 10.2. The molecule has 1 amide bonds. The van der Waals surface area contributed by atoms with Gasteiger partial charge in [0, 0.05) is 17.6 Å². The second-order valence-corrected chi connectivity index (χ2v) is 10.8. The fourth-order valence-electron chi connectivity index (χ4n) is 3.28. The van der Waals surface area contributed by atoms with E-state index < -0.39 is 9.84 Å². The summed E-state index contributed by atoms with van der Waals surface area (Å²) in [4.78, 5) is 23.9. The zero-order valence-corrected chi connectivity index (χ0v) is 19.6. The van der Waals surface area contributed by atoms with Crippen LogP contribution in [-0.2, 0) is 21.2 Å². The first-order valence-electron chi connectivity index (χ1n) is 9.88. The number of hydrogen-bond donors (Lipinski definition) is 0. The number of nitrogens with zero attached hydrogens (tertiary/aromatic N) is 3. The zero-order valence-electron chi connectivity index (χ0n) is 17.2. The number of amides is 1. The van der Waals surface area contributed by atoms with Crippen LogP contribution in [0.3, 0.4) is 0 Å². The number of carbonyl (C=O) groups excluding carboxylic acids is 1. The Balaban J connectivity index is 1.64. The van der Waals surface area contributed by atoms with Gasteiger partial charge in [-0.15, -0.1) is 0 Å². The highest BCUT2D eigenvalue weighted by molar-refractivity contribution is 7.91. The third kappa shape index (κ3) is 4.98. The molecule has 4 aromatic rings. The Morgan fingerprint density at radius 1 is 1.09 bits per heavy atom. The van der Waals surface area contributed by atoms with Gasteiger partial charge in [0.05, 0.1) is 33.1 Å². The zero-order chi connectivity index (χ0) is 22.7. The van der Waals surface area contributed by atoms with Gasteiger partial charge in [0.2, 0.25) is 5.91 Å². The van der Waals surface area contributed by atoms with Crippen LogP contribution in [0.25, 0.3) is 10.2 Å². The first kappa shape index (κ1) is 22.4. The molecule has 0 fully saturated rings. The molecule has 0 aliphatic heterocycles. The standard InChI is InChI=1S/C23H20ClN3O3S2/c1-16-13-17(24)14-20-22(16)26-23(31-20)27(15-18-7-5-6-11-25-18)21(28)10-12-32(29,30)19-8-3-2-4-9-19/h2-9,11,13-14H,10,12,15H2,1H3. The van der Waals surface area contributed by atoms with Crippen LogP contribution in [0, 0.1) is 6.92 Å². The third-order valence-electron chi connectivity index (χ3n) is 4.90. The summed E-state index contributed by atoms with van der Waals surface area (Å²) < 4.78 is 26.2. The van der Waals surface area contributed by atoms with Crippen molar-refractivity contribution in [1.29, 1.82) is 0 Å². The molecule has 0 spiro atoms. The Bertz CT molecular complexity index is 1360. The Morgan fingerprint density at radius 3 is 2.56 bits per heavy atom. The van der Waals surface area contributed by atoms with Gasteiger partial charge in [0.25, 0.3) is 0 Å². The van der Waals surface area contributed by atoms with Gasteiger partial charge in [0.1, 0.15) is 0 Å². The Hall–Kier alpha value is -2.81. The molecule has 0 aliphatic rings. The molecule has 4 rings (SSSR count). The number of carbonyl (C=O) groups is 1. The molecular formula is C23H20ClN3O3S2. The van der Waals surface area contributed by atoms with Crippen molar-refractivity contribution in [2.24, 2.45) is 0 Å². The number of sulfone groups is 1. The molecule has 0 N–H and O–H groups in total. The van der Waals surface area contributed by atoms with E-state index in [1.807, 2.05) is 31.2 Å². The van der Waals surface area contributed by atoms with Crippen LogP contribution in [0.15, 0.2) is 71.8 Å². The topological polar surface area (TPSA) is 80.2 Å². The maximum Gasteiger partial charge on any atom is 0.230 e. The third-order valence-corrected chi connectivity index (χ3v) is 7.88. The molecule has 9 heteroatoms. The molecule has 0 saturated carbocycles. The Kier molecular flexibility index (Phi) is 6.55. The Morgan fingerprint density at radius 2 is 1.84 bits per heavy atom. The smallest absolute Gasteiger partial charge is 0.230 e. The first-order chi connectivity index (χ1) is 15.3. The molecule has 2 aromatic heterocycles. The number of aromatic nitrogens is 2. The quantitative estimate of drug-likeness (QED) is 0.366. The highest BCUT2D eigenvalue weighted by atomic mass is 35.5. The number of halogens is 1. The minimum absolute atomic E-state index is 0.167. The van der Waals surface area contributed by atoms with Crippen molar-refractivity contribution in [2.45, 2.75) is 24.8 Å². The van der Waals surface area contributed by atoms with Crippen LogP contribution >= 0.6 is 22.9 Å². The fraction of sp³-hybridized carbons (Fsp3) is 0.174. The van der Waals surface area contributed by atoms with Crippen molar-refractivity contribution >= 4 is 54.0 Å². The average molecular weight is 486 g/mol. The molecule has 0 bridgehead atoms. The predicted molar refractivity (Wildman–Crippen MR) is 128 cm³/mol. The minimum atomic E-state index is -3.58. The van der Waals surface area contributed by atoms with E-state index in [1.165, 1.54) is 28.4 Å². The van der Waals surface area contributed by atoms with Gasteiger partial charge in [-0.2, -0.15) is 0 Å². The van der Waals surface area contributed by atoms with E-state index in [-0.39, 0.29) is 29.5 Å². The van der Waals surface area contributed by atoms with E-state index in [2.05, 4.69) is 9.97 Å². The van der Waals surface area contributed by atoms with Gasteiger partial charge in [-0.3, -0.25) is 14.7 Å². The highest BCUT2D eigenvalue weighted by Crippen LogP contribution is 2.34. The number of fused-ring (bicyclic) bond motifs is 1. The molecule has 0 aliphatic carbocycles. The molecule has 6 nitrogen and oxygen atoms in total. The monoisotopic (exact) mass is 485 g/mol. The largest absolute Gasteiger partial charge is 0.282 e. The van der Waals surface area contributed by atoms with Crippen molar-refractivity contribution in [2.75, 3.05) is 10.7 Å². The van der Waals surface area contributed by atoms with Gasteiger partial charge >= 0.3 is 0 Å². The van der Waals surface area contributed by atoms with E-state index in [0.717, 1.165) is 15.8 Å². The predicted octanol–water partition coefficient (Wildman–Crippen LogP) is 5.05. The van der Waals surface area contributed by atoms with Crippen molar-refractivity contribution < 1.29 is 13.2 Å². The molecule has 164 valence electrons. The van der Waals surface area contributed by atoms with Gasteiger partial charge in [-0.05, 0) is 48.9 Å². The summed E-state index contributed by atoms with van der Waals surface area (Å²) in [7, 11) is -3.58. The molecule has 32 heavy (non-hydrogen) atoms. The number of anilines is 1. The van der Waals surface area contributed by atoms with Gasteiger partial charge in [-0.25, -0.2) is 13.4 Å². The lowest BCUT2D eigenvalue weighted by molar-refractivity contribution is -0.118. The SMILES string of the molecule is Cc1cc(Cl)cc2sc(N(Cc3ccccn3)C(=O)CCS(=O)(=O)c3ccccc3)nc12. The molecular weight excluding hydrogens is 466 g/mol. The molecule has 0 unspecified atom stereocenters. The van der Waals surface area contributed by atoms with E-state index in [4.69, 9.17) is 11.6 Å². The molecule has 2 aromatic carbocycles. The summed E-state index contributed by atoms with van der Waals surface area (Å²) in [5.41, 5.74) is 2.36. The second kappa shape index (κ2) is 9.36. The van der Waals surface area contributed by atoms with Crippen LogP contribution in [-0.4, -0.2) is 30.0 Å². The van der Waals surface area contributed by atoms with Crippen LogP contribution in [0.4, 0.5) is 5.13 Å². The average Bonchev–Trinajstić information content (AvgIpc) is 3.21. The van der Waals surface area contributed by atoms with Gasteiger partial charge in [-0.1, -0.05) is 47.2 Å². The van der Waals surface area contributed by atoms with Crippen molar-refractivity contribution in [3.63, 3.8) is 0 Å². The van der Waals surface area contributed by atoms with Gasteiger partial charge in [0.15, 0.2) is 15.0 Å². The summed E-state index contributed by atoms with van der Waals surface area (Å²) >= 11 is 7.53. The lowest BCUT2D eigenvalue weighted by Gasteiger charge is -2.19. The number of thiazole rings is 1. The number of rotatable bonds is 7. The number of aryl methyl sites for hydroxylation is 1. The Labute approximate surface area is 195 Å². The van der Waals surface area contributed by atoms with Crippen molar-refractivity contribution in [3.05, 3.63) is 83.1 Å². The fourth-order valence-corrected chi connectivity index (χ4v) is 5.96. The lowest BCUT2D eigenvalue weighted by Crippen LogP contribution is -2.32. The van der Waals surface area contributed by atoms with E-state index in [9.17, 15) is 13.2 Å². The maximum atomic E-state index is 13.2. The van der Waals surface area contributed by atoms with E-state index in [1.54, 1.807) is 30.5 Å². The minimum Gasteiger partial charge on any atom is -0.282 e. The van der Waals surface area contributed by atoms with Crippen LogP contribution in [0.1, 0.15) is 17.7 Å². The van der Waals surface area contributed by atoms with Crippen LogP contribution in [0.5, 0.6) is 0 Å². The summed E-state index contributed by atoms with van der Waals surface area (Å²) in [5, 5.41) is 1.08. The summed E-state index contributed by atoms with van der Waals surface area (Å²) in [6.45, 7) is 2.10. The van der Waals surface area contributed by atoms with Crippen molar-refractivity contribution in [1.82, 2.24) is 9.97 Å². The normalized spacial score (nSPS) is 11.6. The number of benzene rings is 2. The van der Waals surface area contributed by atoms with E-state index in [0.29, 0.717) is 15.8 Å². The van der Waals surface area contributed by atoms with Gasteiger partial charge < -0.3 is 0 Å². The molecule has 0 radical (unpaired) electrons. The highest BCUT2D eigenvalue weighted by Gasteiger charge is 2.24. The summed E-state index contributed by atoms with van der Waals surface area (Å²) in [6, 6.07) is 17.2. The second-order valence-electron chi connectivity index (χ2n) is 7.25. The number of hydrogen-bond acceptors (Lipinski definition) is 6. The summed E-state index contributed by atoms with van der Waals surface area (Å²) in [5.74, 6) is -0.623. The molecule has 0 atom stereocenters. The molecule has 2 heterocycles. The molecule has 0 saturated heterocycles. The van der Waals surface area contributed by atoms with Crippen LogP contribution in [0.2, 0.25) is 5.02 Å². The first-order valence-corrected chi connectivity index (χ1v) is 12.7.